The highest BCUT2D eigenvalue weighted by Gasteiger charge is 2.57. The van der Waals surface area contributed by atoms with Crippen molar-refractivity contribution in [1.82, 2.24) is 4.90 Å². The molecule has 0 unspecified atom stereocenters. The molecule has 6 aliphatic rings. The third-order valence-electron chi connectivity index (χ3n) is 11.3. The minimum Gasteiger partial charge on any atom is -0.393 e. The minimum absolute atomic E-state index is 0.140. The van der Waals surface area contributed by atoms with E-state index in [1.165, 1.54) is 45.2 Å². The van der Waals surface area contributed by atoms with E-state index in [0.717, 1.165) is 67.2 Å². The summed E-state index contributed by atoms with van der Waals surface area (Å²) >= 11 is 0. The number of piperidine rings is 2. The number of rotatable bonds is 0. The zero-order valence-electron chi connectivity index (χ0n) is 19.4. The third kappa shape index (κ3) is 2.80. The number of allylic oxidation sites excluding steroid dienone is 1. The molecule has 4 fully saturated rings. The van der Waals surface area contributed by atoms with Crippen LogP contribution in [0.15, 0.2) is 11.1 Å². The lowest BCUT2D eigenvalue weighted by Gasteiger charge is -2.56. The first-order valence-corrected chi connectivity index (χ1v) is 13.2. The maximum Gasteiger partial charge on any atom is 0.0614 e. The normalized spacial score (nSPS) is 55.9. The van der Waals surface area contributed by atoms with E-state index in [0.29, 0.717) is 0 Å². The lowest BCUT2D eigenvalue weighted by atomic mass is 9.56. The Morgan fingerprint density at radius 3 is 2.57 bits per heavy atom. The Bertz CT molecular complexity index is 730. The molecular formula is C27H43NO2. The van der Waals surface area contributed by atoms with E-state index >= 15 is 0 Å². The molecule has 0 bridgehead atoms. The van der Waals surface area contributed by atoms with Crippen LogP contribution in [-0.4, -0.2) is 46.5 Å². The van der Waals surface area contributed by atoms with Crippen LogP contribution >= 0.6 is 0 Å². The molecule has 0 amide bonds. The Hall–Kier alpha value is -0.380. The van der Waals surface area contributed by atoms with Crippen molar-refractivity contribution in [3.05, 3.63) is 11.1 Å². The molecule has 0 aromatic heterocycles. The number of aliphatic hydroxyl groups is 2. The van der Waals surface area contributed by atoms with E-state index in [-0.39, 0.29) is 23.5 Å². The average Bonchev–Trinajstić information content (AvgIpc) is 3.09. The van der Waals surface area contributed by atoms with Gasteiger partial charge in [0.05, 0.1) is 12.2 Å². The van der Waals surface area contributed by atoms with E-state index in [1.54, 1.807) is 11.1 Å². The predicted octanol–water partition coefficient (Wildman–Crippen LogP) is 4.63. The standard InChI is InChI=1S/C27H43NO2/c1-15-4-7-25-16(2)18-5-6-19-20(22(18)14-28(25)13-15)11-23-21(19)12-26(30)24-10-17(29)8-9-27(23,24)3/h15-20,22,24-26,29-30H,4-14H2,1-3H3/t15-,16-,17-,18-,19-,20-,22-,24-,25+,26+,27-/m1/s1. The monoisotopic (exact) mass is 413 g/mol. The highest BCUT2D eigenvalue weighted by Crippen LogP contribution is 2.64. The smallest absolute Gasteiger partial charge is 0.0614 e. The molecule has 2 heterocycles. The Morgan fingerprint density at radius 2 is 1.73 bits per heavy atom. The summed E-state index contributed by atoms with van der Waals surface area (Å²) in [5.74, 6) is 5.34. The van der Waals surface area contributed by atoms with Crippen molar-refractivity contribution >= 4 is 0 Å². The van der Waals surface area contributed by atoms with Gasteiger partial charge in [0.1, 0.15) is 0 Å². The second-order valence-corrected chi connectivity index (χ2v) is 12.7. The Labute approximate surface area is 183 Å². The second kappa shape index (κ2) is 7.06. The summed E-state index contributed by atoms with van der Waals surface area (Å²) in [6.07, 6.45) is 10.2. The molecule has 2 saturated heterocycles. The molecule has 3 heteroatoms. The van der Waals surface area contributed by atoms with Crippen LogP contribution in [0.5, 0.6) is 0 Å². The number of nitrogens with zero attached hydrogens (tertiary/aromatic N) is 1. The van der Waals surface area contributed by atoms with Gasteiger partial charge < -0.3 is 10.2 Å². The van der Waals surface area contributed by atoms with Crippen molar-refractivity contribution in [2.24, 2.45) is 46.8 Å². The van der Waals surface area contributed by atoms with Crippen LogP contribution in [0.4, 0.5) is 0 Å². The van der Waals surface area contributed by atoms with E-state index in [2.05, 4.69) is 25.7 Å². The van der Waals surface area contributed by atoms with Gasteiger partial charge in [-0.2, -0.15) is 0 Å². The van der Waals surface area contributed by atoms with Crippen LogP contribution in [0.3, 0.4) is 0 Å². The van der Waals surface area contributed by atoms with Gasteiger partial charge in [-0.15, -0.1) is 0 Å². The highest BCUT2D eigenvalue weighted by molar-refractivity contribution is 5.36. The molecule has 3 nitrogen and oxygen atoms in total. The first kappa shape index (κ1) is 20.2. The fourth-order valence-corrected chi connectivity index (χ4v) is 9.80. The van der Waals surface area contributed by atoms with E-state index in [9.17, 15) is 10.2 Å². The summed E-state index contributed by atoms with van der Waals surface area (Å²) in [6.45, 7) is 10.1. The first-order chi connectivity index (χ1) is 14.4. The van der Waals surface area contributed by atoms with Crippen LogP contribution in [0.1, 0.15) is 78.6 Å². The van der Waals surface area contributed by atoms with Crippen LogP contribution in [-0.2, 0) is 0 Å². The summed E-state index contributed by atoms with van der Waals surface area (Å²) in [5.41, 5.74) is 3.58. The van der Waals surface area contributed by atoms with Crippen LogP contribution in [0.25, 0.3) is 0 Å². The molecular weight excluding hydrogens is 370 g/mol. The highest BCUT2D eigenvalue weighted by atomic mass is 16.3. The summed E-state index contributed by atoms with van der Waals surface area (Å²) in [4.78, 5) is 2.90. The van der Waals surface area contributed by atoms with Crippen molar-refractivity contribution in [2.45, 2.75) is 96.8 Å². The van der Waals surface area contributed by atoms with Crippen molar-refractivity contribution in [2.75, 3.05) is 13.1 Å². The molecule has 0 aromatic rings. The Balaban J connectivity index is 1.30. The average molecular weight is 414 g/mol. The Morgan fingerprint density at radius 1 is 0.900 bits per heavy atom. The molecule has 2 N–H and O–H groups in total. The van der Waals surface area contributed by atoms with Gasteiger partial charge in [0, 0.05) is 19.1 Å². The Kier molecular flexibility index (Phi) is 4.76. The minimum atomic E-state index is -0.238. The van der Waals surface area contributed by atoms with Gasteiger partial charge in [-0.25, -0.2) is 0 Å². The lowest BCUT2D eigenvalue weighted by molar-refractivity contribution is -0.0670. The molecule has 0 spiro atoms. The van der Waals surface area contributed by atoms with Crippen molar-refractivity contribution in [3.63, 3.8) is 0 Å². The molecule has 2 aliphatic heterocycles. The topological polar surface area (TPSA) is 43.7 Å². The van der Waals surface area contributed by atoms with Crippen molar-refractivity contribution in [3.8, 4) is 0 Å². The maximum absolute atomic E-state index is 11.1. The second-order valence-electron chi connectivity index (χ2n) is 12.7. The van der Waals surface area contributed by atoms with E-state index in [4.69, 9.17) is 0 Å². The quantitative estimate of drug-likeness (QED) is 0.569. The van der Waals surface area contributed by atoms with Crippen LogP contribution < -0.4 is 0 Å². The van der Waals surface area contributed by atoms with Gasteiger partial charge >= 0.3 is 0 Å². The van der Waals surface area contributed by atoms with E-state index < -0.39 is 0 Å². The van der Waals surface area contributed by atoms with Gasteiger partial charge in [-0.1, -0.05) is 31.9 Å². The summed E-state index contributed by atoms with van der Waals surface area (Å²) in [7, 11) is 0. The van der Waals surface area contributed by atoms with Gasteiger partial charge in [-0.3, -0.25) is 4.90 Å². The molecule has 11 atom stereocenters. The number of hydrogen-bond acceptors (Lipinski definition) is 3. The summed E-state index contributed by atoms with van der Waals surface area (Å²) in [5, 5.41) is 21.4. The van der Waals surface area contributed by atoms with Crippen molar-refractivity contribution < 1.29 is 10.2 Å². The molecule has 30 heavy (non-hydrogen) atoms. The predicted molar refractivity (Wildman–Crippen MR) is 120 cm³/mol. The molecule has 0 aromatic carbocycles. The zero-order valence-corrected chi connectivity index (χ0v) is 19.4. The first-order valence-electron chi connectivity index (χ1n) is 13.2. The molecule has 4 aliphatic carbocycles. The van der Waals surface area contributed by atoms with Gasteiger partial charge in [0.15, 0.2) is 0 Å². The number of fused-ring (bicyclic) bond motifs is 7. The van der Waals surface area contributed by atoms with Crippen LogP contribution in [0, 0.1) is 46.8 Å². The maximum atomic E-state index is 11.1. The molecule has 168 valence electrons. The number of aliphatic hydroxyl groups excluding tert-OH is 2. The van der Waals surface area contributed by atoms with Crippen molar-refractivity contribution in [1.29, 1.82) is 0 Å². The summed E-state index contributed by atoms with van der Waals surface area (Å²) < 4.78 is 0. The zero-order chi connectivity index (χ0) is 20.8. The lowest BCUT2D eigenvalue weighted by Crippen LogP contribution is -2.58. The van der Waals surface area contributed by atoms with E-state index in [1.807, 2.05) is 0 Å². The largest absolute Gasteiger partial charge is 0.393 e. The van der Waals surface area contributed by atoms with Gasteiger partial charge in [0.25, 0.3) is 0 Å². The summed E-state index contributed by atoms with van der Waals surface area (Å²) in [6, 6.07) is 0.839. The fraction of sp³-hybridized carbons (Fsp3) is 0.926. The molecule has 0 radical (unpaired) electrons. The van der Waals surface area contributed by atoms with Gasteiger partial charge in [-0.05, 0) is 105 Å². The number of hydrogen-bond donors (Lipinski definition) is 2. The molecule has 2 saturated carbocycles. The molecule has 6 rings (SSSR count). The SMILES string of the molecule is C[C@@H]1CC[C@H]2[C@H](C)[C@H]3CC[C@H]4C5=C(C[C@H]4[C@@H]3CN2C1)[C@@]1(C)CC[C@@H](O)C[C@@H]1[C@@H](O)C5. The van der Waals surface area contributed by atoms with Crippen LogP contribution in [0.2, 0.25) is 0 Å². The fourth-order valence-electron chi connectivity index (χ4n) is 9.80. The third-order valence-corrected chi connectivity index (χ3v) is 11.3. The van der Waals surface area contributed by atoms with Gasteiger partial charge in [0.2, 0.25) is 0 Å².